The van der Waals surface area contributed by atoms with Gasteiger partial charge in [-0.25, -0.2) is 0 Å². The summed E-state index contributed by atoms with van der Waals surface area (Å²) in [5, 5.41) is 0. The first-order valence-electron chi connectivity index (χ1n) is 12.9. The third kappa shape index (κ3) is 6.74. The van der Waals surface area contributed by atoms with E-state index in [1.54, 1.807) is 36.4 Å². The Morgan fingerprint density at radius 2 is 1.85 bits per heavy atom. The Labute approximate surface area is 229 Å². The van der Waals surface area contributed by atoms with Crippen LogP contribution in [-0.2, 0) is 20.9 Å². The summed E-state index contributed by atoms with van der Waals surface area (Å²) in [4.78, 5) is 52.9. The van der Waals surface area contributed by atoms with E-state index < -0.39 is 25.9 Å². The Kier molecular flexibility index (Phi) is 8.53. The lowest BCUT2D eigenvalue weighted by Crippen LogP contribution is -2.55. The first-order valence-corrected chi connectivity index (χ1v) is 16.6. The maximum atomic E-state index is 13.3. The van der Waals surface area contributed by atoms with Gasteiger partial charge in [-0.05, 0) is 54.4 Å². The fraction of sp³-hybridized carbons (Fsp3) is 0.379. The van der Waals surface area contributed by atoms with Crippen molar-refractivity contribution in [1.82, 2.24) is 9.80 Å². The van der Waals surface area contributed by atoms with Crippen LogP contribution in [0.4, 0.5) is 0 Å². The van der Waals surface area contributed by atoms with Crippen molar-refractivity contribution in [2.75, 3.05) is 19.9 Å². The number of fused-ring (bicyclic) bond motifs is 1. The lowest BCUT2D eigenvalue weighted by atomic mass is 10.0. The molecule has 0 spiro atoms. The van der Waals surface area contributed by atoms with Gasteiger partial charge in [0.25, 0.3) is 11.8 Å². The van der Waals surface area contributed by atoms with Gasteiger partial charge in [-0.15, -0.1) is 0 Å². The summed E-state index contributed by atoms with van der Waals surface area (Å²) in [6.07, 6.45) is 0.463. The second-order valence-electron chi connectivity index (χ2n) is 10.8. The Hall–Kier alpha value is -3.94. The van der Waals surface area contributed by atoms with Crippen LogP contribution in [0, 0.1) is 11.8 Å². The molecule has 204 valence electrons. The molecule has 10 heteroatoms. The summed E-state index contributed by atoms with van der Waals surface area (Å²) >= 11 is 0. The number of piperidine rings is 1. The Balaban J connectivity index is 1.40. The minimum atomic E-state index is -1.30. The topological polar surface area (TPSA) is 119 Å². The van der Waals surface area contributed by atoms with Crippen molar-refractivity contribution in [3.8, 4) is 17.6 Å². The third-order valence-corrected chi connectivity index (χ3v) is 8.45. The number of benzene rings is 2. The number of hydrogen-bond acceptors (Lipinski definition) is 6. The lowest BCUT2D eigenvalue weighted by molar-refractivity contribution is -0.158. The van der Waals surface area contributed by atoms with Crippen LogP contribution >= 0.6 is 0 Å². The van der Waals surface area contributed by atoms with Crippen molar-refractivity contribution in [3.05, 3.63) is 64.7 Å². The molecule has 2 aliphatic heterocycles. The summed E-state index contributed by atoms with van der Waals surface area (Å²) in [5.74, 6) is 5.15. The number of likely N-dealkylation sites (tertiary alicyclic amines) is 1. The van der Waals surface area contributed by atoms with E-state index in [1.165, 1.54) is 4.90 Å². The van der Waals surface area contributed by atoms with E-state index in [2.05, 4.69) is 31.5 Å². The Morgan fingerprint density at radius 3 is 2.54 bits per heavy atom. The zero-order chi connectivity index (χ0) is 28.2. The van der Waals surface area contributed by atoms with Gasteiger partial charge in [0.2, 0.25) is 11.8 Å². The minimum Gasteiger partial charge on any atom is -0.481 e. The number of ether oxygens (including phenoxy) is 2. The van der Waals surface area contributed by atoms with E-state index in [0.717, 1.165) is 16.5 Å². The molecule has 2 aromatic rings. The highest BCUT2D eigenvalue weighted by molar-refractivity contribution is 6.76. The van der Waals surface area contributed by atoms with Crippen LogP contribution < -0.4 is 10.5 Å². The van der Waals surface area contributed by atoms with E-state index in [1.807, 2.05) is 6.07 Å². The molecule has 0 radical (unpaired) electrons. The number of carbonyl (C=O) groups is 4. The average Bonchev–Trinajstić information content (AvgIpc) is 3.22. The number of nitrogens with zero attached hydrogens (tertiary/aromatic N) is 2. The molecule has 0 saturated carbocycles. The molecule has 9 nitrogen and oxygen atoms in total. The van der Waals surface area contributed by atoms with Crippen LogP contribution in [0.3, 0.4) is 0 Å². The SMILES string of the molecule is C[Si](C)(C)CCOCN1C(=O)CCC(N2Cc3c(C#CCOc4ccc(C(N)=O)cc4)cccc3C2=O)C1=O. The third-order valence-electron chi connectivity index (χ3n) is 6.75. The summed E-state index contributed by atoms with van der Waals surface area (Å²) < 4.78 is 11.3. The normalized spacial score (nSPS) is 17.1. The van der Waals surface area contributed by atoms with E-state index >= 15 is 0 Å². The zero-order valence-corrected chi connectivity index (χ0v) is 23.5. The summed E-state index contributed by atoms with van der Waals surface area (Å²) in [5.41, 5.74) is 7.58. The highest BCUT2D eigenvalue weighted by Crippen LogP contribution is 2.31. The second-order valence-corrected chi connectivity index (χ2v) is 16.4. The predicted molar refractivity (Wildman–Crippen MR) is 147 cm³/mol. The van der Waals surface area contributed by atoms with Gasteiger partial charge in [-0.1, -0.05) is 37.5 Å². The smallest absolute Gasteiger partial charge is 0.255 e. The van der Waals surface area contributed by atoms with Gasteiger partial charge in [0.05, 0.1) is 0 Å². The van der Waals surface area contributed by atoms with Gasteiger partial charge in [-0.2, -0.15) is 0 Å². The van der Waals surface area contributed by atoms with E-state index in [4.69, 9.17) is 15.2 Å². The minimum absolute atomic E-state index is 0.0877. The monoisotopic (exact) mass is 547 g/mol. The average molecular weight is 548 g/mol. The molecule has 4 amide bonds. The number of imide groups is 1. The van der Waals surface area contributed by atoms with Crippen LogP contribution in [-0.4, -0.2) is 67.5 Å². The quantitative estimate of drug-likeness (QED) is 0.223. The summed E-state index contributed by atoms with van der Waals surface area (Å²) in [6, 6.07) is 12.0. The standard InChI is InChI=1S/C29H33N3O6Si/c1-39(2,3)17-16-37-19-32-26(33)14-13-25(29(32)36)31-18-24-20(6-4-8-23(24)28(31)35)7-5-15-38-22-11-9-21(10-12-22)27(30)34/h4,6,8-12,25H,13-19H2,1-3H3,(H2,30,34). The molecule has 2 heterocycles. The largest absolute Gasteiger partial charge is 0.481 e. The molecule has 0 aliphatic carbocycles. The molecule has 39 heavy (non-hydrogen) atoms. The molecular weight excluding hydrogens is 514 g/mol. The van der Waals surface area contributed by atoms with Gasteiger partial charge in [0.15, 0.2) is 0 Å². The molecule has 2 aliphatic rings. The molecule has 0 aromatic heterocycles. The molecule has 4 rings (SSSR count). The summed E-state index contributed by atoms with van der Waals surface area (Å²) in [7, 11) is -1.30. The molecule has 1 unspecified atom stereocenters. The van der Waals surface area contributed by atoms with Crippen molar-refractivity contribution < 1.29 is 28.7 Å². The Morgan fingerprint density at radius 1 is 1.10 bits per heavy atom. The molecule has 1 atom stereocenters. The van der Waals surface area contributed by atoms with Crippen molar-refractivity contribution in [3.63, 3.8) is 0 Å². The van der Waals surface area contributed by atoms with Gasteiger partial charge in [0, 0.05) is 44.3 Å². The van der Waals surface area contributed by atoms with Crippen molar-refractivity contribution >= 4 is 31.7 Å². The van der Waals surface area contributed by atoms with Crippen LogP contribution in [0.2, 0.25) is 25.7 Å². The van der Waals surface area contributed by atoms with Crippen LogP contribution in [0.5, 0.6) is 5.75 Å². The number of hydrogen-bond donors (Lipinski definition) is 1. The molecule has 1 saturated heterocycles. The van der Waals surface area contributed by atoms with Crippen LogP contribution in [0.15, 0.2) is 42.5 Å². The van der Waals surface area contributed by atoms with Crippen molar-refractivity contribution in [2.45, 2.75) is 51.1 Å². The van der Waals surface area contributed by atoms with Crippen LogP contribution in [0.25, 0.3) is 0 Å². The van der Waals surface area contributed by atoms with Gasteiger partial charge in [0.1, 0.15) is 25.1 Å². The van der Waals surface area contributed by atoms with Gasteiger partial charge in [-0.3, -0.25) is 24.1 Å². The first-order chi connectivity index (χ1) is 18.5. The summed E-state index contributed by atoms with van der Waals surface area (Å²) in [6.45, 7) is 7.45. The zero-order valence-electron chi connectivity index (χ0n) is 22.5. The Bertz CT molecular complexity index is 1340. The van der Waals surface area contributed by atoms with E-state index in [0.29, 0.717) is 29.0 Å². The molecular formula is C29H33N3O6Si. The van der Waals surface area contributed by atoms with Gasteiger partial charge < -0.3 is 20.1 Å². The number of rotatable bonds is 9. The molecule has 2 aromatic carbocycles. The maximum Gasteiger partial charge on any atom is 0.255 e. The highest BCUT2D eigenvalue weighted by atomic mass is 28.3. The van der Waals surface area contributed by atoms with Gasteiger partial charge >= 0.3 is 0 Å². The molecule has 1 fully saturated rings. The highest BCUT2D eigenvalue weighted by Gasteiger charge is 2.43. The second kappa shape index (κ2) is 11.8. The number of amides is 4. The van der Waals surface area contributed by atoms with Crippen molar-refractivity contribution in [1.29, 1.82) is 0 Å². The number of carbonyl (C=O) groups excluding carboxylic acids is 4. The van der Waals surface area contributed by atoms with Crippen LogP contribution in [0.1, 0.15) is 44.7 Å². The molecule has 2 N–H and O–H groups in total. The molecule has 0 bridgehead atoms. The first kappa shape index (κ1) is 28.1. The van der Waals surface area contributed by atoms with E-state index in [9.17, 15) is 19.2 Å². The fourth-order valence-corrected chi connectivity index (χ4v) is 5.23. The number of nitrogens with two attached hydrogens (primary N) is 1. The predicted octanol–water partition coefficient (Wildman–Crippen LogP) is 3.00. The fourth-order valence-electron chi connectivity index (χ4n) is 4.47. The van der Waals surface area contributed by atoms with E-state index in [-0.39, 0.29) is 44.5 Å². The van der Waals surface area contributed by atoms with Crippen molar-refractivity contribution in [2.24, 2.45) is 5.73 Å². The maximum absolute atomic E-state index is 13.3. The lowest BCUT2D eigenvalue weighted by Gasteiger charge is -2.35. The number of primary amides is 1.